The first-order chi connectivity index (χ1) is 17.7. The number of benzene rings is 3. The van der Waals surface area contributed by atoms with Gasteiger partial charge in [0.15, 0.2) is 18.1 Å². The zero-order chi connectivity index (χ0) is 26.4. The first-order valence-corrected chi connectivity index (χ1v) is 11.9. The van der Waals surface area contributed by atoms with Crippen LogP contribution in [-0.2, 0) is 11.0 Å². The van der Waals surface area contributed by atoms with Crippen molar-refractivity contribution in [3.05, 3.63) is 89.5 Å². The summed E-state index contributed by atoms with van der Waals surface area (Å²) in [6.45, 7) is 0.748. The summed E-state index contributed by atoms with van der Waals surface area (Å²) < 4.78 is 49.7. The van der Waals surface area contributed by atoms with E-state index in [0.29, 0.717) is 43.1 Å². The van der Waals surface area contributed by atoms with Crippen LogP contribution in [0.25, 0.3) is 0 Å². The molecular formula is C28H27F3N2O4. The van der Waals surface area contributed by atoms with E-state index in [0.717, 1.165) is 17.7 Å². The predicted molar refractivity (Wildman–Crippen MR) is 133 cm³/mol. The van der Waals surface area contributed by atoms with E-state index in [1.54, 1.807) is 23.1 Å². The van der Waals surface area contributed by atoms with E-state index in [9.17, 15) is 22.8 Å². The van der Waals surface area contributed by atoms with Gasteiger partial charge in [0.25, 0.3) is 11.8 Å². The number of hydrogen-bond donors (Lipinski definition) is 1. The molecule has 0 bridgehead atoms. The molecule has 3 aromatic carbocycles. The van der Waals surface area contributed by atoms with Gasteiger partial charge in [0.2, 0.25) is 0 Å². The standard InChI is InChI=1S/C28H27F3N2O4/c1-36-24-7-2-3-8-25(24)37-18-26(34)32-23-11-9-19(10-12-23)20-13-15-33(16-14-20)27(35)21-5-4-6-22(17-21)28(29,30)31/h2-12,17,20H,13-16,18H2,1H3,(H,32,34). The van der Waals surface area contributed by atoms with Gasteiger partial charge in [0, 0.05) is 24.3 Å². The maximum absolute atomic E-state index is 13.0. The van der Waals surface area contributed by atoms with E-state index in [-0.39, 0.29) is 24.0 Å². The first kappa shape index (κ1) is 26.1. The number of nitrogens with zero attached hydrogens (tertiary/aromatic N) is 1. The summed E-state index contributed by atoms with van der Waals surface area (Å²) in [6, 6.07) is 19.1. The summed E-state index contributed by atoms with van der Waals surface area (Å²) >= 11 is 0. The van der Waals surface area contributed by atoms with Gasteiger partial charge in [0.1, 0.15) is 0 Å². The molecule has 0 atom stereocenters. The molecule has 0 saturated carbocycles. The lowest BCUT2D eigenvalue weighted by atomic mass is 9.89. The van der Waals surface area contributed by atoms with Crippen molar-refractivity contribution in [3.8, 4) is 11.5 Å². The second-order valence-electron chi connectivity index (χ2n) is 8.75. The number of nitrogens with one attached hydrogen (secondary N) is 1. The quantitative estimate of drug-likeness (QED) is 0.438. The summed E-state index contributed by atoms with van der Waals surface area (Å²) in [6.07, 6.45) is -3.09. The van der Waals surface area contributed by atoms with Crippen LogP contribution in [0.1, 0.15) is 40.2 Å². The van der Waals surface area contributed by atoms with Crippen LogP contribution in [0, 0.1) is 0 Å². The van der Waals surface area contributed by atoms with Crippen molar-refractivity contribution in [1.29, 1.82) is 0 Å². The normalized spacial score (nSPS) is 14.2. The Balaban J connectivity index is 1.28. The second-order valence-corrected chi connectivity index (χ2v) is 8.75. The molecule has 0 spiro atoms. The molecule has 0 aliphatic carbocycles. The summed E-state index contributed by atoms with van der Waals surface area (Å²) in [5, 5.41) is 2.80. The van der Waals surface area contributed by atoms with Crippen LogP contribution in [0.5, 0.6) is 11.5 Å². The maximum Gasteiger partial charge on any atom is 0.416 e. The topological polar surface area (TPSA) is 67.9 Å². The van der Waals surface area contributed by atoms with Crippen LogP contribution in [0.3, 0.4) is 0 Å². The Morgan fingerprint density at radius 2 is 1.62 bits per heavy atom. The molecule has 1 heterocycles. The molecule has 9 heteroatoms. The number of halogens is 3. The number of ether oxygens (including phenoxy) is 2. The predicted octanol–water partition coefficient (Wildman–Crippen LogP) is 5.75. The van der Waals surface area contributed by atoms with Gasteiger partial charge in [-0.25, -0.2) is 0 Å². The number of para-hydroxylation sites is 2. The molecule has 2 amide bonds. The molecule has 1 N–H and O–H groups in total. The Bertz CT molecular complexity index is 1240. The monoisotopic (exact) mass is 512 g/mol. The van der Waals surface area contributed by atoms with Gasteiger partial charge in [-0.3, -0.25) is 9.59 Å². The maximum atomic E-state index is 13.0. The highest BCUT2D eigenvalue weighted by molar-refractivity contribution is 5.94. The van der Waals surface area contributed by atoms with Crippen LogP contribution in [0.15, 0.2) is 72.8 Å². The summed E-state index contributed by atoms with van der Waals surface area (Å²) in [7, 11) is 1.53. The number of hydrogen-bond acceptors (Lipinski definition) is 4. The van der Waals surface area contributed by atoms with Gasteiger partial charge in [-0.2, -0.15) is 13.2 Å². The Morgan fingerprint density at radius 1 is 0.946 bits per heavy atom. The minimum absolute atomic E-state index is 0.0445. The molecule has 1 aliphatic heterocycles. The number of likely N-dealkylation sites (tertiary alicyclic amines) is 1. The fourth-order valence-corrected chi connectivity index (χ4v) is 4.34. The number of piperidine rings is 1. The van der Waals surface area contributed by atoms with Crippen molar-refractivity contribution in [1.82, 2.24) is 4.90 Å². The van der Waals surface area contributed by atoms with Crippen molar-refractivity contribution < 1.29 is 32.2 Å². The SMILES string of the molecule is COc1ccccc1OCC(=O)Nc1ccc(C2CCN(C(=O)c3cccc(C(F)(F)F)c3)CC2)cc1. The van der Waals surface area contributed by atoms with Gasteiger partial charge >= 0.3 is 6.18 Å². The summed E-state index contributed by atoms with van der Waals surface area (Å²) in [5.74, 6) is 0.540. The third-order valence-electron chi connectivity index (χ3n) is 6.31. The molecule has 3 aromatic rings. The lowest BCUT2D eigenvalue weighted by Crippen LogP contribution is -2.38. The highest BCUT2D eigenvalue weighted by Gasteiger charge is 2.32. The fourth-order valence-electron chi connectivity index (χ4n) is 4.34. The van der Waals surface area contributed by atoms with E-state index in [4.69, 9.17) is 9.47 Å². The lowest BCUT2D eigenvalue weighted by Gasteiger charge is -2.32. The average Bonchev–Trinajstić information content (AvgIpc) is 2.92. The number of rotatable bonds is 7. The average molecular weight is 513 g/mol. The summed E-state index contributed by atoms with van der Waals surface area (Å²) in [5.41, 5.74) is 0.929. The third-order valence-corrected chi connectivity index (χ3v) is 6.31. The van der Waals surface area contributed by atoms with Crippen molar-refractivity contribution in [2.45, 2.75) is 24.9 Å². The zero-order valence-electron chi connectivity index (χ0n) is 20.3. The minimum atomic E-state index is -4.49. The zero-order valence-corrected chi connectivity index (χ0v) is 20.3. The highest BCUT2D eigenvalue weighted by atomic mass is 19.4. The molecule has 194 valence electrons. The van der Waals surface area contributed by atoms with E-state index in [2.05, 4.69) is 5.32 Å². The Morgan fingerprint density at radius 3 is 2.27 bits per heavy atom. The summed E-state index contributed by atoms with van der Waals surface area (Å²) in [4.78, 5) is 26.6. The number of carbonyl (C=O) groups excluding carboxylic acids is 2. The van der Waals surface area contributed by atoms with Crippen molar-refractivity contribution in [2.75, 3.05) is 32.1 Å². The molecule has 1 aliphatic rings. The van der Waals surface area contributed by atoms with E-state index in [1.807, 2.05) is 30.3 Å². The molecular weight excluding hydrogens is 485 g/mol. The number of carbonyl (C=O) groups is 2. The lowest BCUT2D eigenvalue weighted by molar-refractivity contribution is -0.137. The molecule has 0 radical (unpaired) electrons. The van der Waals surface area contributed by atoms with Gasteiger partial charge in [0.05, 0.1) is 12.7 Å². The van der Waals surface area contributed by atoms with Crippen molar-refractivity contribution >= 4 is 17.5 Å². The molecule has 1 saturated heterocycles. The number of methoxy groups -OCH3 is 1. The van der Waals surface area contributed by atoms with Crippen LogP contribution < -0.4 is 14.8 Å². The van der Waals surface area contributed by atoms with E-state index >= 15 is 0 Å². The van der Waals surface area contributed by atoms with Crippen molar-refractivity contribution in [2.24, 2.45) is 0 Å². The molecule has 1 fully saturated rings. The van der Waals surface area contributed by atoms with Crippen LogP contribution in [0.2, 0.25) is 0 Å². The highest BCUT2D eigenvalue weighted by Crippen LogP contribution is 2.32. The smallest absolute Gasteiger partial charge is 0.416 e. The van der Waals surface area contributed by atoms with Crippen LogP contribution in [-0.4, -0.2) is 43.5 Å². The van der Waals surface area contributed by atoms with E-state index < -0.39 is 17.6 Å². The molecule has 6 nitrogen and oxygen atoms in total. The van der Waals surface area contributed by atoms with Gasteiger partial charge in [-0.05, 0) is 66.8 Å². The second kappa shape index (κ2) is 11.4. The Kier molecular flexibility index (Phi) is 8.01. The number of anilines is 1. The first-order valence-electron chi connectivity index (χ1n) is 11.9. The molecule has 37 heavy (non-hydrogen) atoms. The number of amides is 2. The Hall–Kier alpha value is -4.01. The largest absolute Gasteiger partial charge is 0.493 e. The Labute approximate surface area is 213 Å². The third kappa shape index (κ3) is 6.61. The van der Waals surface area contributed by atoms with Gasteiger partial charge in [-0.1, -0.05) is 30.3 Å². The molecule has 0 unspecified atom stereocenters. The molecule has 4 rings (SSSR count). The van der Waals surface area contributed by atoms with Crippen LogP contribution in [0.4, 0.5) is 18.9 Å². The number of alkyl halides is 3. The van der Waals surface area contributed by atoms with Gasteiger partial charge < -0.3 is 19.7 Å². The van der Waals surface area contributed by atoms with Gasteiger partial charge in [-0.15, -0.1) is 0 Å². The van der Waals surface area contributed by atoms with Crippen molar-refractivity contribution in [3.63, 3.8) is 0 Å². The molecule has 0 aromatic heterocycles. The van der Waals surface area contributed by atoms with Crippen LogP contribution >= 0.6 is 0 Å². The minimum Gasteiger partial charge on any atom is -0.493 e. The van der Waals surface area contributed by atoms with E-state index in [1.165, 1.54) is 19.2 Å². The fraction of sp³-hybridized carbons (Fsp3) is 0.286.